The highest BCUT2D eigenvalue weighted by Crippen LogP contribution is 2.25. The summed E-state index contributed by atoms with van der Waals surface area (Å²) in [4.78, 5) is 12.3. The van der Waals surface area contributed by atoms with Crippen molar-refractivity contribution in [3.63, 3.8) is 0 Å². The third kappa shape index (κ3) is 4.62. The molecule has 29 heavy (non-hydrogen) atoms. The van der Waals surface area contributed by atoms with Gasteiger partial charge in [0.15, 0.2) is 0 Å². The number of phenols is 1. The highest BCUT2D eigenvalue weighted by Gasteiger charge is 2.07. The number of carbonyl (C=O) groups is 1. The van der Waals surface area contributed by atoms with Gasteiger partial charge >= 0.3 is 6.09 Å². The van der Waals surface area contributed by atoms with E-state index < -0.39 is 6.09 Å². The van der Waals surface area contributed by atoms with Gasteiger partial charge in [-0.15, -0.1) is 0 Å². The summed E-state index contributed by atoms with van der Waals surface area (Å²) in [6.45, 7) is 0. The lowest BCUT2D eigenvalue weighted by Gasteiger charge is -2.09. The van der Waals surface area contributed by atoms with Crippen LogP contribution in [0.4, 0.5) is 10.5 Å². The van der Waals surface area contributed by atoms with E-state index in [4.69, 9.17) is 4.74 Å². The van der Waals surface area contributed by atoms with Gasteiger partial charge in [0, 0.05) is 5.69 Å². The first-order chi connectivity index (χ1) is 14.2. The van der Waals surface area contributed by atoms with E-state index in [2.05, 4.69) is 11.4 Å². The number of nitrogens with one attached hydrogen (secondary N) is 1. The van der Waals surface area contributed by atoms with Crippen LogP contribution in [0.15, 0.2) is 97.1 Å². The zero-order valence-electron chi connectivity index (χ0n) is 15.5. The van der Waals surface area contributed by atoms with Gasteiger partial charge in [-0.25, -0.2) is 4.79 Å². The highest BCUT2D eigenvalue weighted by molar-refractivity contribution is 5.87. The maximum atomic E-state index is 12.3. The van der Waals surface area contributed by atoms with E-state index in [0.29, 0.717) is 11.4 Å². The van der Waals surface area contributed by atoms with Crippen LogP contribution in [0.5, 0.6) is 11.5 Å². The zero-order valence-corrected chi connectivity index (χ0v) is 15.5. The van der Waals surface area contributed by atoms with E-state index in [1.165, 1.54) is 0 Å². The number of amides is 1. The van der Waals surface area contributed by atoms with Gasteiger partial charge in [0.05, 0.1) is 0 Å². The van der Waals surface area contributed by atoms with Gasteiger partial charge in [0.1, 0.15) is 11.5 Å². The molecule has 0 aliphatic carbocycles. The fourth-order valence-electron chi connectivity index (χ4n) is 2.95. The Morgan fingerprint density at radius 2 is 1.45 bits per heavy atom. The molecule has 0 fully saturated rings. The molecule has 0 bridgehead atoms. The van der Waals surface area contributed by atoms with E-state index in [9.17, 15) is 9.90 Å². The minimum atomic E-state index is -0.569. The lowest BCUT2D eigenvalue weighted by Crippen LogP contribution is -2.16. The highest BCUT2D eigenvalue weighted by atomic mass is 16.6. The first-order valence-corrected chi connectivity index (χ1v) is 9.13. The van der Waals surface area contributed by atoms with E-state index >= 15 is 0 Å². The second-order valence-corrected chi connectivity index (χ2v) is 6.44. The van der Waals surface area contributed by atoms with Crippen molar-refractivity contribution in [2.45, 2.75) is 0 Å². The summed E-state index contributed by atoms with van der Waals surface area (Å²) in [7, 11) is 0. The molecule has 0 atom stereocenters. The van der Waals surface area contributed by atoms with Gasteiger partial charge in [-0.05, 0) is 64.7 Å². The van der Waals surface area contributed by atoms with Crippen LogP contribution in [0.25, 0.3) is 22.3 Å². The van der Waals surface area contributed by atoms with E-state index in [1.807, 2.05) is 42.5 Å². The van der Waals surface area contributed by atoms with Crippen LogP contribution < -0.4 is 10.1 Å². The lowest BCUT2D eigenvalue weighted by molar-refractivity contribution is 0.215. The smallest absolute Gasteiger partial charge is 0.417 e. The summed E-state index contributed by atoms with van der Waals surface area (Å²) in [5.41, 5.74) is 4.44. The molecular formula is C25H18NO3. The van der Waals surface area contributed by atoms with Crippen LogP contribution >= 0.6 is 0 Å². The molecule has 0 aliphatic rings. The lowest BCUT2D eigenvalue weighted by atomic mass is 10.1. The molecule has 0 aliphatic heterocycles. The molecule has 4 nitrogen and oxygen atoms in total. The molecule has 4 heteroatoms. The van der Waals surface area contributed by atoms with Gasteiger partial charge in [-0.1, -0.05) is 60.7 Å². The minimum Gasteiger partial charge on any atom is -0.508 e. The standard InChI is InChI=1S/C25H18NO3/c27-23-13-9-20(10-14-23)21-7-4-8-22(17-21)26-25(28)29-24-15-11-19(12-16-24)18-5-2-1-3-6-18/h1-6,8-17,27H,(H,26,28). The van der Waals surface area contributed by atoms with Gasteiger partial charge in [0.25, 0.3) is 0 Å². The molecule has 0 unspecified atom stereocenters. The number of benzene rings is 4. The number of ether oxygens (including phenoxy) is 1. The second kappa shape index (κ2) is 8.31. The fraction of sp³-hybridized carbons (Fsp3) is 0. The topological polar surface area (TPSA) is 58.6 Å². The Kier molecular flexibility index (Phi) is 5.25. The van der Waals surface area contributed by atoms with Gasteiger partial charge in [-0.3, -0.25) is 5.32 Å². The quantitative estimate of drug-likeness (QED) is 0.447. The normalized spacial score (nSPS) is 10.3. The van der Waals surface area contributed by atoms with E-state index in [-0.39, 0.29) is 5.75 Å². The Labute approximate surface area is 169 Å². The average molecular weight is 380 g/mol. The summed E-state index contributed by atoms with van der Waals surface area (Å²) in [5, 5.41) is 12.1. The van der Waals surface area contributed by atoms with Crippen LogP contribution in [0.1, 0.15) is 0 Å². The number of hydrogen-bond acceptors (Lipinski definition) is 3. The number of phenolic OH excluding ortho intramolecular Hbond substituents is 1. The number of anilines is 1. The molecule has 2 N–H and O–H groups in total. The maximum Gasteiger partial charge on any atom is 0.417 e. The fourth-order valence-corrected chi connectivity index (χ4v) is 2.95. The van der Waals surface area contributed by atoms with Crippen LogP contribution in [-0.4, -0.2) is 11.2 Å². The Bertz CT molecular complexity index is 1100. The summed E-state index contributed by atoms with van der Waals surface area (Å²) in [5.74, 6) is 0.660. The first-order valence-electron chi connectivity index (χ1n) is 9.13. The van der Waals surface area contributed by atoms with Crippen molar-refractivity contribution in [3.8, 4) is 33.8 Å². The van der Waals surface area contributed by atoms with Gasteiger partial charge < -0.3 is 9.84 Å². The Morgan fingerprint density at radius 3 is 2.17 bits per heavy atom. The van der Waals surface area contributed by atoms with Gasteiger partial charge in [-0.2, -0.15) is 0 Å². The Morgan fingerprint density at radius 1 is 0.793 bits per heavy atom. The monoisotopic (exact) mass is 380 g/mol. The number of aromatic hydroxyl groups is 1. The molecule has 1 amide bonds. The third-order valence-electron chi connectivity index (χ3n) is 4.40. The molecule has 141 valence electrons. The second-order valence-electron chi connectivity index (χ2n) is 6.44. The predicted molar refractivity (Wildman–Crippen MR) is 114 cm³/mol. The molecule has 4 aromatic carbocycles. The maximum absolute atomic E-state index is 12.3. The van der Waals surface area contributed by atoms with Crippen molar-refractivity contribution >= 4 is 11.8 Å². The van der Waals surface area contributed by atoms with E-state index in [0.717, 1.165) is 22.3 Å². The van der Waals surface area contributed by atoms with Crippen molar-refractivity contribution in [3.05, 3.63) is 103 Å². The largest absolute Gasteiger partial charge is 0.508 e. The predicted octanol–water partition coefficient (Wildman–Crippen LogP) is 6.14. The zero-order chi connectivity index (χ0) is 20.1. The Balaban J connectivity index is 1.42. The summed E-state index contributed by atoms with van der Waals surface area (Å²) in [6.07, 6.45) is -0.569. The van der Waals surface area contributed by atoms with Crippen LogP contribution in [0.2, 0.25) is 0 Å². The van der Waals surface area contributed by atoms with Crippen molar-refractivity contribution in [1.29, 1.82) is 0 Å². The molecular weight excluding hydrogens is 362 g/mol. The van der Waals surface area contributed by atoms with Crippen LogP contribution in [0.3, 0.4) is 0 Å². The van der Waals surface area contributed by atoms with Crippen LogP contribution in [0, 0.1) is 6.07 Å². The van der Waals surface area contributed by atoms with Crippen molar-refractivity contribution in [2.24, 2.45) is 0 Å². The van der Waals surface area contributed by atoms with Crippen LogP contribution in [-0.2, 0) is 0 Å². The third-order valence-corrected chi connectivity index (χ3v) is 4.40. The Hall–Kier alpha value is -4.05. The molecule has 4 aromatic rings. The number of carbonyl (C=O) groups excluding carboxylic acids is 1. The molecule has 1 radical (unpaired) electrons. The molecule has 0 heterocycles. The average Bonchev–Trinajstić information content (AvgIpc) is 2.75. The molecule has 0 spiro atoms. The molecule has 0 saturated heterocycles. The summed E-state index contributed by atoms with van der Waals surface area (Å²) < 4.78 is 5.38. The SMILES string of the molecule is O=C(Nc1cc[c]c(-c2ccc(O)cc2)c1)Oc1ccc(-c2ccccc2)cc1. The van der Waals surface area contributed by atoms with Gasteiger partial charge in [0.2, 0.25) is 0 Å². The van der Waals surface area contributed by atoms with Crippen molar-refractivity contribution < 1.29 is 14.6 Å². The van der Waals surface area contributed by atoms with Crippen molar-refractivity contribution in [2.75, 3.05) is 5.32 Å². The molecule has 0 saturated carbocycles. The number of rotatable bonds is 4. The number of hydrogen-bond donors (Lipinski definition) is 2. The minimum absolute atomic E-state index is 0.199. The molecule has 0 aromatic heterocycles. The molecule has 4 rings (SSSR count). The summed E-state index contributed by atoms with van der Waals surface area (Å²) >= 11 is 0. The van der Waals surface area contributed by atoms with E-state index in [1.54, 1.807) is 54.6 Å². The van der Waals surface area contributed by atoms with Crippen molar-refractivity contribution in [1.82, 2.24) is 0 Å². The summed E-state index contributed by atoms with van der Waals surface area (Å²) in [6, 6.07) is 32.5. The first kappa shape index (κ1) is 18.3.